The van der Waals surface area contributed by atoms with Gasteiger partial charge in [-0.25, -0.2) is 4.98 Å². The third-order valence-electron chi connectivity index (χ3n) is 4.95. The van der Waals surface area contributed by atoms with Gasteiger partial charge in [0, 0.05) is 13.0 Å². The van der Waals surface area contributed by atoms with E-state index in [-0.39, 0.29) is 5.56 Å². The lowest BCUT2D eigenvalue weighted by Crippen LogP contribution is -2.27. The summed E-state index contributed by atoms with van der Waals surface area (Å²) in [7, 11) is 0. The molecule has 5 heteroatoms. The first-order valence-electron chi connectivity index (χ1n) is 9.18. The van der Waals surface area contributed by atoms with E-state index in [1.54, 1.807) is 6.07 Å². The Morgan fingerprint density at radius 1 is 1.23 bits per heavy atom. The van der Waals surface area contributed by atoms with E-state index in [1.165, 1.54) is 11.1 Å². The first kappa shape index (κ1) is 16.8. The number of hydrogen-bond donors (Lipinski definition) is 1. The van der Waals surface area contributed by atoms with Gasteiger partial charge in [0.1, 0.15) is 11.6 Å². The van der Waals surface area contributed by atoms with Gasteiger partial charge in [0.15, 0.2) is 0 Å². The molecule has 1 aliphatic heterocycles. The zero-order valence-corrected chi connectivity index (χ0v) is 15.0. The quantitative estimate of drug-likeness (QED) is 0.743. The molecule has 0 aliphatic carbocycles. The van der Waals surface area contributed by atoms with E-state index in [4.69, 9.17) is 4.74 Å². The van der Waals surface area contributed by atoms with Gasteiger partial charge in [-0.2, -0.15) is 0 Å². The topological polar surface area (TPSA) is 58.2 Å². The maximum Gasteiger partial charge on any atom is 0.258 e. The van der Waals surface area contributed by atoms with Crippen molar-refractivity contribution in [2.75, 3.05) is 19.7 Å². The Balaban J connectivity index is 1.45. The van der Waals surface area contributed by atoms with Crippen LogP contribution in [0, 0.1) is 0 Å². The van der Waals surface area contributed by atoms with E-state index in [0.29, 0.717) is 11.9 Å². The monoisotopic (exact) mass is 349 g/mol. The van der Waals surface area contributed by atoms with Crippen molar-refractivity contribution in [2.24, 2.45) is 0 Å². The van der Waals surface area contributed by atoms with Crippen LogP contribution in [0.4, 0.5) is 0 Å². The number of aromatic amines is 1. The van der Waals surface area contributed by atoms with E-state index in [9.17, 15) is 4.79 Å². The van der Waals surface area contributed by atoms with Crippen molar-refractivity contribution in [1.82, 2.24) is 14.9 Å². The minimum Gasteiger partial charge on any atom is -0.493 e. The third kappa shape index (κ3) is 3.48. The molecule has 0 saturated carbocycles. The highest BCUT2D eigenvalue weighted by Gasteiger charge is 2.13. The summed E-state index contributed by atoms with van der Waals surface area (Å²) in [6.45, 7) is 5.40. The number of fused-ring (bicyclic) bond motifs is 2. The van der Waals surface area contributed by atoms with E-state index in [0.717, 1.165) is 49.6 Å². The molecule has 1 aromatic heterocycles. The Kier molecular flexibility index (Phi) is 4.71. The maximum absolute atomic E-state index is 12.2. The molecule has 0 saturated heterocycles. The van der Waals surface area contributed by atoms with Crippen LogP contribution in [-0.4, -0.2) is 34.6 Å². The average molecular weight is 349 g/mol. The van der Waals surface area contributed by atoms with Crippen LogP contribution < -0.4 is 10.3 Å². The molecule has 0 amide bonds. The molecule has 1 N–H and O–H groups in total. The highest BCUT2D eigenvalue weighted by molar-refractivity contribution is 5.77. The number of likely N-dealkylation sites (N-methyl/N-ethyl adjacent to an activating group) is 1. The number of benzene rings is 2. The minimum atomic E-state index is -0.0692. The molecule has 0 bridgehead atoms. The van der Waals surface area contributed by atoms with Crippen LogP contribution in [-0.2, 0) is 19.4 Å². The highest BCUT2D eigenvalue weighted by atomic mass is 16.5. The van der Waals surface area contributed by atoms with Crippen molar-refractivity contribution in [2.45, 2.75) is 26.3 Å². The fourth-order valence-corrected chi connectivity index (χ4v) is 3.45. The zero-order chi connectivity index (χ0) is 17.9. The van der Waals surface area contributed by atoms with Crippen LogP contribution in [0.25, 0.3) is 10.9 Å². The lowest BCUT2D eigenvalue weighted by molar-refractivity contribution is 0.276. The summed E-state index contributed by atoms with van der Waals surface area (Å²) in [6, 6.07) is 13.9. The van der Waals surface area contributed by atoms with Gasteiger partial charge in [-0.15, -0.1) is 0 Å². The summed E-state index contributed by atoms with van der Waals surface area (Å²) in [6.07, 6.45) is 1.97. The van der Waals surface area contributed by atoms with Crippen molar-refractivity contribution in [3.05, 3.63) is 69.8 Å². The van der Waals surface area contributed by atoms with Gasteiger partial charge >= 0.3 is 0 Å². The fourth-order valence-electron chi connectivity index (χ4n) is 3.45. The van der Waals surface area contributed by atoms with Gasteiger partial charge in [-0.3, -0.25) is 9.69 Å². The minimum absolute atomic E-state index is 0.0692. The Hall–Kier alpha value is -2.66. The van der Waals surface area contributed by atoms with Crippen molar-refractivity contribution in [1.29, 1.82) is 0 Å². The number of H-pyrrole nitrogens is 1. The molecule has 134 valence electrons. The molecule has 26 heavy (non-hydrogen) atoms. The van der Waals surface area contributed by atoms with Crippen molar-refractivity contribution in [3.8, 4) is 5.75 Å². The summed E-state index contributed by atoms with van der Waals surface area (Å²) in [5.74, 6) is 1.75. The smallest absolute Gasteiger partial charge is 0.258 e. The van der Waals surface area contributed by atoms with Gasteiger partial charge in [0.05, 0.1) is 24.1 Å². The number of aromatic nitrogens is 2. The Labute approximate surface area is 152 Å². The average Bonchev–Trinajstić information content (AvgIpc) is 3.13. The largest absolute Gasteiger partial charge is 0.493 e. The van der Waals surface area contributed by atoms with Crippen molar-refractivity contribution < 1.29 is 4.74 Å². The Morgan fingerprint density at radius 2 is 2.12 bits per heavy atom. The van der Waals surface area contributed by atoms with Crippen LogP contribution in [0.1, 0.15) is 23.9 Å². The number of nitrogens with one attached hydrogen (secondary N) is 1. The molecule has 0 atom stereocenters. The van der Waals surface area contributed by atoms with Gasteiger partial charge in [-0.1, -0.05) is 31.2 Å². The molecule has 1 aliphatic rings. The van der Waals surface area contributed by atoms with E-state index in [1.807, 2.05) is 18.2 Å². The molecule has 0 radical (unpaired) electrons. The van der Waals surface area contributed by atoms with Gasteiger partial charge in [0.2, 0.25) is 0 Å². The first-order chi connectivity index (χ1) is 12.7. The van der Waals surface area contributed by atoms with Crippen LogP contribution in [0.15, 0.2) is 47.3 Å². The lowest BCUT2D eigenvalue weighted by atomic mass is 10.1. The predicted octanol–water partition coefficient (Wildman–Crippen LogP) is 2.92. The zero-order valence-electron chi connectivity index (χ0n) is 15.0. The number of ether oxygens (including phenoxy) is 1. The van der Waals surface area contributed by atoms with Crippen LogP contribution in [0.2, 0.25) is 0 Å². The lowest BCUT2D eigenvalue weighted by Gasteiger charge is -2.20. The first-order valence-corrected chi connectivity index (χ1v) is 9.18. The predicted molar refractivity (Wildman–Crippen MR) is 103 cm³/mol. The van der Waals surface area contributed by atoms with Gasteiger partial charge in [0.25, 0.3) is 5.56 Å². The summed E-state index contributed by atoms with van der Waals surface area (Å²) in [5, 5.41) is 0.639. The van der Waals surface area contributed by atoms with E-state index in [2.05, 4.69) is 40.0 Å². The van der Waals surface area contributed by atoms with Crippen LogP contribution in [0.3, 0.4) is 0 Å². The Morgan fingerprint density at radius 3 is 3.00 bits per heavy atom. The number of rotatable bonds is 6. The second kappa shape index (κ2) is 7.30. The second-order valence-electron chi connectivity index (χ2n) is 6.69. The summed E-state index contributed by atoms with van der Waals surface area (Å²) in [4.78, 5) is 22.1. The van der Waals surface area contributed by atoms with Gasteiger partial charge in [-0.05, 0) is 42.3 Å². The summed E-state index contributed by atoms with van der Waals surface area (Å²) >= 11 is 0. The number of hydrogen-bond acceptors (Lipinski definition) is 4. The molecular weight excluding hydrogens is 326 g/mol. The Bertz CT molecular complexity index is 980. The highest BCUT2D eigenvalue weighted by Crippen LogP contribution is 2.26. The van der Waals surface area contributed by atoms with Crippen LogP contribution in [0.5, 0.6) is 5.75 Å². The normalized spacial score (nSPS) is 13.2. The maximum atomic E-state index is 12.2. The number of para-hydroxylation sites is 1. The van der Waals surface area contributed by atoms with Crippen molar-refractivity contribution in [3.63, 3.8) is 0 Å². The second-order valence-corrected chi connectivity index (χ2v) is 6.69. The summed E-state index contributed by atoms with van der Waals surface area (Å²) in [5.41, 5.74) is 3.32. The molecular formula is C21H23N3O2. The van der Waals surface area contributed by atoms with Crippen LogP contribution >= 0.6 is 0 Å². The SMILES string of the molecule is CCN(CCc1ccc2c(c1)CCO2)Cc1nc2ccccc2c(=O)[nH]1. The molecule has 0 spiro atoms. The molecule has 3 aromatic rings. The summed E-state index contributed by atoms with van der Waals surface area (Å²) < 4.78 is 5.57. The van der Waals surface area contributed by atoms with Gasteiger partial charge < -0.3 is 9.72 Å². The number of nitrogens with zero attached hydrogens (tertiary/aromatic N) is 2. The molecule has 5 nitrogen and oxygen atoms in total. The fraction of sp³-hybridized carbons (Fsp3) is 0.333. The molecule has 0 unspecified atom stereocenters. The van der Waals surface area contributed by atoms with E-state index >= 15 is 0 Å². The molecule has 4 rings (SSSR count). The van der Waals surface area contributed by atoms with E-state index < -0.39 is 0 Å². The molecule has 2 heterocycles. The molecule has 0 fully saturated rings. The van der Waals surface area contributed by atoms with Crippen molar-refractivity contribution >= 4 is 10.9 Å². The third-order valence-corrected chi connectivity index (χ3v) is 4.95. The molecule has 2 aromatic carbocycles. The standard InChI is InChI=1S/C21H23N3O2/c1-2-24(11-9-15-7-8-19-16(13-15)10-12-26-19)14-20-22-18-6-4-3-5-17(18)21(25)23-20/h3-8,13H,2,9-12,14H2,1H3,(H,22,23,25).